The van der Waals surface area contributed by atoms with Gasteiger partial charge in [0, 0.05) is 36.7 Å². The lowest BCUT2D eigenvalue weighted by atomic mass is 10.0. The SMILES string of the molecule is C=CCN1C(C)(C)N=C(SCCC(C)NCCCCCCNC(C)CCSC2=NC(C)(C)N(CC=C)C2(C)C)C1(C)C. The van der Waals surface area contributed by atoms with Gasteiger partial charge in [-0.3, -0.25) is 19.8 Å². The number of hydrogen-bond donors (Lipinski definition) is 2. The lowest BCUT2D eigenvalue weighted by Crippen LogP contribution is -2.51. The third-order valence-corrected chi connectivity index (χ3v) is 11.4. The van der Waals surface area contributed by atoms with E-state index >= 15 is 0 Å². The van der Waals surface area contributed by atoms with Crippen molar-refractivity contribution in [3.8, 4) is 0 Å². The fraction of sp³-hybridized carbons (Fsp3) is 0.824. The van der Waals surface area contributed by atoms with Crippen LogP contribution < -0.4 is 10.6 Å². The van der Waals surface area contributed by atoms with Gasteiger partial charge in [0.2, 0.25) is 0 Å². The predicted molar refractivity (Wildman–Crippen MR) is 193 cm³/mol. The van der Waals surface area contributed by atoms with Crippen LogP contribution in [0.25, 0.3) is 0 Å². The normalized spacial score (nSPS) is 22.5. The van der Waals surface area contributed by atoms with Crippen LogP contribution in [-0.2, 0) is 0 Å². The van der Waals surface area contributed by atoms with Crippen LogP contribution in [0.15, 0.2) is 35.3 Å². The van der Waals surface area contributed by atoms with Gasteiger partial charge in [0.25, 0.3) is 0 Å². The monoisotopic (exact) mass is 620 g/mol. The van der Waals surface area contributed by atoms with E-state index in [4.69, 9.17) is 9.98 Å². The molecule has 0 saturated heterocycles. The van der Waals surface area contributed by atoms with Crippen LogP contribution in [0, 0.1) is 0 Å². The molecule has 0 radical (unpaired) electrons. The maximum atomic E-state index is 5.06. The Bertz CT molecular complexity index is 849. The molecule has 2 rings (SSSR count). The number of hydrogen-bond acceptors (Lipinski definition) is 8. The Labute approximate surface area is 268 Å². The molecule has 0 aliphatic carbocycles. The minimum absolute atomic E-state index is 0.0299. The van der Waals surface area contributed by atoms with Gasteiger partial charge in [-0.1, -0.05) is 25.0 Å². The van der Waals surface area contributed by atoms with Gasteiger partial charge in [-0.05, 0) is 108 Å². The maximum absolute atomic E-state index is 5.06. The molecule has 0 saturated carbocycles. The summed E-state index contributed by atoms with van der Waals surface area (Å²) in [4.78, 5) is 15.0. The van der Waals surface area contributed by atoms with E-state index < -0.39 is 0 Å². The van der Waals surface area contributed by atoms with Crippen molar-refractivity contribution in [2.45, 2.75) is 142 Å². The topological polar surface area (TPSA) is 55.3 Å². The smallest absolute Gasteiger partial charge is 0.109 e. The van der Waals surface area contributed by atoms with Crippen molar-refractivity contribution in [3.05, 3.63) is 25.3 Å². The molecule has 2 unspecified atom stereocenters. The summed E-state index contributed by atoms with van der Waals surface area (Å²) in [5.74, 6) is 2.21. The van der Waals surface area contributed by atoms with E-state index in [9.17, 15) is 0 Å². The fourth-order valence-corrected chi connectivity index (χ4v) is 9.07. The quantitative estimate of drug-likeness (QED) is 0.115. The van der Waals surface area contributed by atoms with E-state index in [2.05, 4.69) is 103 Å². The maximum Gasteiger partial charge on any atom is 0.109 e. The number of aliphatic imine (C=N–C) groups is 2. The largest absolute Gasteiger partial charge is 0.314 e. The van der Waals surface area contributed by atoms with Crippen molar-refractivity contribution in [2.24, 2.45) is 9.98 Å². The molecule has 0 aromatic carbocycles. The molecule has 0 amide bonds. The Morgan fingerprint density at radius 2 is 1.02 bits per heavy atom. The first-order valence-corrected chi connectivity index (χ1v) is 18.3. The minimum Gasteiger partial charge on any atom is -0.314 e. The molecule has 2 N–H and O–H groups in total. The number of unbranched alkanes of at least 4 members (excludes halogenated alkanes) is 3. The summed E-state index contributed by atoms with van der Waals surface area (Å²) >= 11 is 3.87. The molecular weight excluding hydrogens is 557 g/mol. The fourth-order valence-electron chi connectivity index (χ4n) is 6.24. The van der Waals surface area contributed by atoms with Crippen molar-refractivity contribution < 1.29 is 0 Å². The van der Waals surface area contributed by atoms with E-state index in [0.717, 1.165) is 50.5 Å². The molecule has 0 bridgehead atoms. The Hall–Kier alpha value is -0.640. The van der Waals surface area contributed by atoms with Gasteiger partial charge in [-0.25, -0.2) is 0 Å². The predicted octanol–water partition coefficient (Wildman–Crippen LogP) is 7.58. The molecule has 0 aromatic heterocycles. The minimum atomic E-state index is -0.162. The molecule has 8 heteroatoms. The highest BCUT2D eigenvalue weighted by Gasteiger charge is 2.47. The van der Waals surface area contributed by atoms with Crippen LogP contribution in [0.4, 0.5) is 0 Å². The summed E-state index contributed by atoms with van der Waals surface area (Å²) in [7, 11) is 0. The highest BCUT2D eigenvalue weighted by Crippen LogP contribution is 2.40. The number of rotatable bonds is 19. The second-order valence-electron chi connectivity index (χ2n) is 14.1. The molecule has 0 spiro atoms. The van der Waals surface area contributed by atoms with Crippen molar-refractivity contribution in [2.75, 3.05) is 37.7 Å². The van der Waals surface area contributed by atoms with Gasteiger partial charge in [-0.2, -0.15) is 0 Å². The van der Waals surface area contributed by atoms with E-state index in [1.54, 1.807) is 0 Å². The molecule has 2 aliphatic rings. The molecule has 242 valence electrons. The summed E-state index contributed by atoms with van der Waals surface area (Å²) < 4.78 is 0. The highest BCUT2D eigenvalue weighted by atomic mass is 32.2. The third kappa shape index (κ3) is 10.5. The van der Waals surface area contributed by atoms with Gasteiger partial charge in [0.1, 0.15) is 11.3 Å². The lowest BCUT2D eigenvalue weighted by molar-refractivity contribution is 0.100. The van der Waals surface area contributed by atoms with Crippen LogP contribution >= 0.6 is 23.5 Å². The van der Waals surface area contributed by atoms with E-state index in [-0.39, 0.29) is 22.4 Å². The van der Waals surface area contributed by atoms with Crippen LogP contribution in [0.1, 0.15) is 108 Å². The van der Waals surface area contributed by atoms with Crippen molar-refractivity contribution in [1.82, 2.24) is 20.4 Å². The van der Waals surface area contributed by atoms with Gasteiger partial charge in [-0.15, -0.1) is 36.7 Å². The standard InChI is InChI=1S/C34H64N6S2/c1-13-23-39-31(5,6)29(37-33(39,9)10)41-25-19-27(3)35-21-17-15-16-18-22-36-28(4)20-26-42-30-32(7,8)40(24-14-2)34(11,12)38-30/h13-14,27-28,35-36H,1-2,15-26H2,3-12H3. The molecular formula is C34H64N6S2. The summed E-state index contributed by atoms with van der Waals surface area (Å²) in [6.45, 7) is 34.5. The Balaban J connectivity index is 1.51. The zero-order valence-electron chi connectivity index (χ0n) is 28.8. The van der Waals surface area contributed by atoms with E-state index in [1.165, 1.54) is 35.8 Å². The Kier molecular flexibility index (Phi) is 14.8. The summed E-state index contributed by atoms with van der Waals surface area (Å²) in [5, 5.41) is 9.99. The van der Waals surface area contributed by atoms with Crippen LogP contribution in [0.3, 0.4) is 0 Å². The first kappa shape index (κ1) is 37.5. The van der Waals surface area contributed by atoms with Crippen molar-refractivity contribution >= 4 is 33.6 Å². The molecule has 0 aromatic rings. The molecule has 2 heterocycles. The third-order valence-electron chi connectivity index (χ3n) is 8.76. The zero-order valence-corrected chi connectivity index (χ0v) is 30.4. The summed E-state index contributed by atoms with van der Waals surface area (Å²) in [6.07, 6.45) is 11.4. The Morgan fingerprint density at radius 1 is 0.667 bits per heavy atom. The summed E-state index contributed by atoms with van der Waals surface area (Å²) in [5.41, 5.74) is -0.384. The lowest BCUT2D eigenvalue weighted by Gasteiger charge is -2.38. The van der Waals surface area contributed by atoms with Crippen LogP contribution in [0.2, 0.25) is 0 Å². The second kappa shape index (κ2) is 16.6. The van der Waals surface area contributed by atoms with E-state index in [1.807, 2.05) is 35.7 Å². The Morgan fingerprint density at radius 3 is 1.36 bits per heavy atom. The first-order chi connectivity index (χ1) is 19.6. The van der Waals surface area contributed by atoms with Crippen molar-refractivity contribution in [1.29, 1.82) is 0 Å². The first-order valence-electron chi connectivity index (χ1n) is 16.3. The molecule has 2 atom stereocenters. The van der Waals surface area contributed by atoms with Crippen LogP contribution in [0.5, 0.6) is 0 Å². The average molecular weight is 621 g/mol. The van der Waals surface area contributed by atoms with Gasteiger partial charge in [0.05, 0.1) is 21.2 Å². The van der Waals surface area contributed by atoms with Gasteiger partial charge in [0.15, 0.2) is 0 Å². The second-order valence-corrected chi connectivity index (χ2v) is 16.3. The van der Waals surface area contributed by atoms with E-state index in [0.29, 0.717) is 12.1 Å². The van der Waals surface area contributed by atoms with Crippen LogP contribution in [-0.4, -0.2) is 92.1 Å². The molecule has 6 nitrogen and oxygen atoms in total. The molecule has 42 heavy (non-hydrogen) atoms. The number of thioether (sulfide) groups is 2. The summed E-state index contributed by atoms with van der Waals surface area (Å²) in [6, 6.07) is 1.08. The number of nitrogens with one attached hydrogen (secondary N) is 2. The zero-order chi connectivity index (χ0) is 31.6. The average Bonchev–Trinajstić information content (AvgIpc) is 3.17. The molecule has 0 fully saturated rings. The highest BCUT2D eigenvalue weighted by molar-refractivity contribution is 8.14. The van der Waals surface area contributed by atoms with Crippen molar-refractivity contribution in [3.63, 3.8) is 0 Å². The van der Waals surface area contributed by atoms with Gasteiger partial charge >= 0.3 is 0 Å². The van der Waals surface area contributed by atoms with Gasteiger partial charge < -0.3 is 10.6 Å². The number of nitrogens with zero attached hydrogens (tertiary/aromatic N) is 4. The molecule has 2 aliphatic heterocycles.